The number of halogens is 1. The highest BCUT2D eigenvalue weighted by Crippen LogP contribution is 2.13. The van der Waals surface area contributed by atoms with Gasteiger partial charge in [0, 0.05) is 17.7 Å². The van der Waals surface area contributed by atoms with E-state index in [4.69, 9.17) is 0 Å². The second-order valence-corrected chi connectivity index (χ2v) is 4.85. The Labute approximate surface area is 141 Å². The van der Waals surface area contributed by atoms with Crippen LogP contribution >= 0.6 is 0 Å². The lowest BCUT2D eigenvalue weighted by Gasteiger charge is -2.05. The third-order valence-corrected chi connectivity index (χ3v) is 2.95. The molecule has 0 aliphatic heterocycles. The number of nitro benzene ring substituents is 1. The summed E-state index contributed by atoms with van der Waals surface area (Å²) in [6.07, 6.45) is 0.653. The van der Waals surface area contributed by atoms with Crippen LogP contribution in [-0.2, 0) is 9.59 Å². The summed E-state index contributed by atoms with van der Waals surface area (Å²) in [4.78, 5) is 33.4. The molecule has 25 heavy (non-hydrogen) atoms. The number of nitro groups is 1. The molecule has 0 saturated carbocycles. The maximum absolute atomic E-state index is 13.4. The summed E-state index contributed by atoms with van der Waals surface area (Å²) in [5.41, 5.74) is 2.39. The van der Waals surface area contributed by atoms with Crippen molar-refractivity contribution in [3.8, 4) is 0 Å². The highest BCUT2D eigenvalue weighted by molar-refractivity contribution is 6.03. The molecule has 128 valence electrons. The normalized spacial score (nSPS) is 10.4. The van der Waals surface area contributed by atoms with Gasteiger partial charge >= 0.3 is 0 Å². The molecular weight excluding hydrogens is 331 g/mol. The van der Waals surface area contributed by atoms with Gasteiger partial charge in [-0.05, 0) is 12.1 Å². The Balaban J connectivity index is 1.86. The monoisotopic (exact) mass is 344 g/mol. The molecule has 2 amide bonds. The van der Waals surface area contributed by atoms with Gasteiger partial charge in [-0.1, -0.05) is 24.3 Å². The molecule has 0 aromatic heterocycles. The molecule has 0 saturated heterocycles. The Hall–Kier alpha value is -3.62. The number of hydrazone groups is 1. The zero-order chi connectivity index (χ0) is 18.2. The first-order valence-electron chi connectivity index (χ1n) is 7.06. The van der Waals surface area contributed by atoms with E-state index < -0.39 is 29.0 Å². The molecule has 2 rings (SSSR count). The van der Waals surface area contributed by atoms with Crippen molar-refractivity contribution < 1.29 is 18.9 Å². The van der Waals surface area contributed by atoms with E-state index in [9.17, 15) is 24.1 Å². The van der Waals surface area contributed by atoms with Crippen LogP contribution in [-0.4, -0.2) is 23.0 Å². The zero-order valence-corrected chi connectivity index (χ0v) is 12.8. The predicted octanol–water partition coefficient (Wildman–Crippen LogP) is 2.21. The molecule has 0 fully saturated rings. The van der Waals surface area contributed by atoms with Crippen LogP contribution in [0, 0.1) is 15.9 Å². The fourth-order valence-corrected chi connectivity index (χ4v) is 1.84. The number of carbonyl (C=O) groups is 2. The van der Waals surface area contributed by atoms with Crippen molar-refractivity contribution in [2.75, 3.05) is 5.32 Å². The molecule has 0 aliphatic rings. The molecule has 2 aromatic carbocycles. The Morgan fingerprint density at radius 2 is 1.92 bits per heavy atom. The van der Waals surface area contributed by atoms with Gasteiger partial charge in [-0.3, -0.25) is 19.7 Å². The van der Waals surface area contributed by atoms with Crippen molar-refractivity contribution in [3.63, 3.8) is 0 Å². The molecule has 0 aliphatic carbocycles. The van der Waals surface area contributed by atoms with E-state index in [-0.39, 0.29) is 11.4 Å². The first kappa shape index (κ1) is 17.7. The van der Waals surface area contributed by atoms with Crippen LogP contribution in [0.25, 0.3) is 0 Å². The summed E-state index contributed by atoms with van der Waals surface area (Å²) in [5, 5.41) is 16.5. The smallest absolute Gasteiger partial charge is 0.270 e. The number of non-ortho nitro benzene ring substituents is 1. The van der Waals surface area contributed by atoms with E-state index in [0.29, 0.717) is 5.56 Å². The Morgan fingerprint density at radius 3 is 2.64 bits per heavy atom. The standard InChI is InChI=1S/C16H13FN4O4/c17-13-6-1-2-7-14(13)19-15(22)9-16(23)20-18-10-11-4-3-5-12(8-11)21(24)25/h1-8,10H,9H2,(H,19,22)(H,20,23). The van der Waals surface area contributed by atoms with Crippen molar-refractivity contribution in [2.45, 2.75) is 6.42 Å². The number of anilines is 1. The van der Waals surface area contributed by atoms with Crippen molar-refractivity contribution in [1.29, 1.82) is 0 Å². The summed E-state index contributed by atoms with van der Waals surface area (Å²) >= 11 is 0. The van der Waals surface area contributed by atoms with E-state index in [0.717, 1.165) is 0 Å². The van der Waals surface area contributed by atoms with Gasteiger partial charge in [-0.15, -0.1) is 0 Å². The second-order valence-electron chi connectivity index (χ2n) is 4.85. The molecule has 0 radical (unpaired) electrons. The number of amides is 2. The highest BCUT2D eigenvalue weighted by Gasteiger charge is 2.11. The minimum Gasteiger partial charge on any atom is -0.323 e. The lowest BCUT2D eigenvalue weighted by Crippen LogP contribution is -2.24. The first-order chi connectivity index (χ1) is 12.0. The summed E-state index contributed by atoms with van der Waals surface area (Å²) in [6.45, 7) is 0. The van der Waals surface area contributed by atoms with Crippen molar-refractivity contribution in [1.82, 2.24) is 5.43 Å². The van der Waals surface area contributed by atoms with E-state index in [1.165, 1.54) is 42.6 Å². The van der Waals surface area contributed by atoms with E-state index in [1.807, 2.05) is 0 Å². The molecule has 0 bridgehead atoms. The molecule has 0 spiro atoms. The minimum atomic E-state index is -0.712. The van der Waals surface area contributed by atoms with Crippen LogP contribution < -0.4 is 10.7 Å². The second kappa shape index (κ2) is 8.29. The van der Waals surface area contributed by atoms with E-state index in [2.05, 4.69) is 15.8 Å². The van der Waals surface area contributed by atoms with Gasteiger partial charge < -0.3 is 5.32 Å². The number of nitrogens with zero attached hydrogens (tertiary/aromatic N) is 2. The van der Waals surface area contributed by atoms with Crippen LogP contribution in [0.4, 0.5) is 15.8 Å². The molecule has 9 heteroatoms. The maximum Gasteiger partial charge on any atom is 0.270 e. The lowest BCUT2D eigenvalue weighted by atomic mass is 10.2. The van der Waals surface area contributed by atoms with E-state index >= 15 is 0 Å². The fraction of sp³-hybridized carbons (Fsp3) is 0.0625. The Bertz CT molecular complexity index is 838. The molecule has 0 atom stereocenters. The third kappa shape index (κ3) is 5.50. The highest BCUT2D eigenvalue weighted by atomic mass is 19.1. The zero-order valence-electron chi connectivity index (χ0n) is 12.8. The molecule has 0 unspecified atom stereocenters. The largest absolute Gasteiger partial charge is 0.323 e. The van der Waals surface area contributed by atoms with Gasteiger partial charge in [0.05, 0.1) is 16.8 Å². The number of rotatable bonds is 6. The number of hydrogen-bond acceptors (Lipinski definition) is 5. The average molecular weight is 344 g/mol. The number of benzene rings is 2. The number of para-hydroxylation sites is 1. The van der Waals surface area contributed by atoms with Gasteiger partial charge in [0.1, 0.15) is 12.2 Å². The molecule has 2 N–H and O–H groups in total. The average Bonchev–Trinajstić information content (AvgIpc) is 2.57. The number of nitrogens with one attached hydrogen (secondary N) is 2. The molecular formula is C16H13FN4O4. The van der Waals surface area contributed by atoms with Gasteiger partial charge in [0.25, 0.3) is 5.69 Å². The van der Waals surface area contributed by atoms with Gasteiger partial charge in [0.15, 0.2) is 0 Å². The minimum absolute atomic E-state index is 0.0274. The number of hydrogen-bond donors (Lipinski definition) is 2. The fourth-order valence-electron chi connectivity index (χ4n) is 1.84. The summed E-state index contributed by atoms with van der Waals surface area (Å²) < 4.78 is 13.4. The maximum atomic E-state index is 13.4. The molecule has 8 nitrogen and oxygen atoms in total. The van der Waals surface area contributed by atoms with Crippen LogP contribution in [0.3, 0.4) is 0 Å². The van der Waals surface area contributed by atoms with Crippen molar-refractivity contribution in [2.24, 2.45) is 5.10 Å². The van der Waals surface area contributed by atoms with Crippen LogP contribution in [0.1, 0.15) is 12.0 Å². The molecule has 0 heterocycles. The summed E-state index contributed by atoms with van der Waals surface area (Å²) in [7, 11) is 0. The molecule has 2 aromatic rings. The van der Waals surface area contributed by atoms with Gasteiger partial charge in [-0.2, -0.15) is 5.10 Å². The topological polar surface area (TPSA) is 114 Å². The van der Waals surface area contributed by atoms with Gasteiger partial charge in [-0.25, -0.2) is 9.82 Å². The van der Waals surface area contributed by atoms with Crippen molar-refractivity contribution in [3.05, 3.63) is 70.0 Å². The van der Waals surface area contributed by atoms with Crippen LogP contribution in [0.15, 0.2) is 53.6 Å². The lowest BCUT2D eigenvalue weighted by molar-refractivity contribution is -0.384. The Kier molecular flexibility index (Phi) is 5.88. The van der Waals surface area contributed by atoms with E-state index in [1.54, 1.807) is 12.1 Å². The quantitative estimate of drug-likeness (QED) is 0.362. The summed E-state index contributed by atoms with van der Waals surface area (Å²) in [5.74, 6) is -2.02. The summed E-state index contributed by atoms with van der Waals surface area (Å²) in [6, 6.07) is 11.2. The van der Waals surface area contributed by atoms with Gasteiger partial charge in [0.2, 0.25) is 11.8 Å². The predicted molar refractivity (Wildman–Crippen MR) is 88.5 cm³/mol. The Morgan fingerprint density at radius 1 is 1.16 bits per heavy atom. The SMILES string of the molecule is O=C(CC(=O)Nc1ccccc1F)NN=Cc1cccc([N+](=O)[O-])c1. The third-order valence-electron chi connectivity index (χ3n) is 2.95. The van der Waals surface area contributed by atoms with Crippen molar-refractivity contribution >= 4 is 29.4 Å². The number of carbonyl (C=O) groups excluding carboxylic acids is 2. The first-order valence-corrected chi connectivity index (χ1v) is 7.06. The van der Waals surface area contributed by atoms with Crippen LogP contribution in [0.2, 0.25) is 0 Å². The van der Waals surface area contributed by atoms with Crippen LogP contribution in [0.5, 0.6) is 0 Å².